The third-order valence-electron chi connectivity index (χ3n) is 3.82. The van der Waals surface area contributed by atoms with E-state index in [1.807, 2.05) is 0 Å². The number of hydrogen-bond donors (Lipinski definition) is 3. The summed E-state index contributed by atoms with van der Waals surface area (Å²) in [6, 6.07) is -0.443. The van der Waals surface area contributed by atoms with E-state index in [4.69, 9.17) is 10.5 Å². The molecule has 8 nitrogen and oxygen atoms in total. The minimum absolute atomic E-state index is 0.0751. The lowest BCUT2D eigenvalue weighted by molar-refractivity contribution is -0.124. The Kier molecular flexibility index (Phi) is 3.53. The molecule has 1 aliphatic heterocycles. The third kappa shape index (κ3) is 2.52. The van der Waals surface area contributed by atoms with Gasteiger partial charge in [-0.15, -0.1) is 0 Å². The Bertz CT molecular complexity index is 674. The quantitative estimate of drug-likeness (QED) is 0.545. The highest BCUT2D eigenvalue weighted by atomic mass is 16.3. The van der Waals surface area contributed by atoms with Crippen LogP contribution in [-0.4, -0.2) is 56.1 Å². The maximum atomic E-state index is 12.2. The summed E-state index contributed by atoms with van der Waals surface area (Å²) in [4.78, 5) is 33.4. The van der Waals surface area contributed by atoms with Crippen LogP contribution in [0.5, 0.6) is 0 Å². The van der Waals surface area contributed by atoms with Crippen LogP contribution in [0.2, 0.25) is 0 Å². The van der Waals surface area contributed by atoms with Crippen LogP contribution in [0.15, 0.2) is 12.3 Å². The maximum absolute atomic E-state index is 12.2. The molecular formula is C14H17N5O3. The number of aromatic amines is 1. The molecule has 3 rings (SSSR count). The van der Waals surface area contributed by atoms with Crippen LogP contribution in [-0.2, 0) is 11.4 Å². The number of aromatic nitrogens is 2. The van der Waals surface area contributed by atoms with Crippen molar-refractivity contribution < 1.29 is 14.7 Å². The highest BCUT2D eigenvalue weighted by molar-refractivity contribution is 6.08. The summed E-state index contributed by atoms with van der Waals surface area (Å²) in [6.45, 7) is -0.301. The Hall–Kier alpha value is -2.48. The van der Waals surface area contributed by atoms with Gasteiger partial charge in [-0.1, -0.05) is 0 Å². The zero-order valence-electron chi connectivity index (χ0n) is 12.2. The maximum Gasteiger partial charge on any atom is 0.331 e. The number of imidazole rings is 1. The number of nitrogens with one attached hydrogen (secondary N) is 2. The van der Waals surface area contributed by atoms with Gasteiger partial charge in [-0.25, -0.2) is 9.78 Å². The van der Waals surface area contributed by atoms with Crippen molar-refractivity contribution in [1.29, 1.82) is 5.41 Å². The number of aliphatic hydroxyl groups excluding tert-OH is 1. The lowest BCUT2D eigenvalue weighted by atomic mass is 10.2. The van der Waals surface area contributed by atoms with Gasteiger partial charge in [-0.05, 0) is 18.9 Å². The van der Waals surface area contributed by atoms with Gasteiger partial charge in [0.1, 0.15) is 6.54 Å². The Morgan fingerprint density at radius 2 is 2.27 bits per heavy atom. The number of carbonyl (C=O) groups excluding carboxylic acids is 2. The number of imide groups is 1. The normalized spacial score (nSPS) is 19.3. The molecule has 2 heterocycles. The van der Waals surface area contributed by atoms with Crippen molar-refractivity contribution in [3.63, 3.8) is 0 Å². The fourth-order valence-electron chi connectivity index (χ4n) is 2.29. The van der Waals surface area contributed by atoms with E-state index < -0.39 is 6.03 Å². The van der Waals surface area contributed by atoms with Crippen molar-refractivity contribution in [1.82, 2.24) is 19.8 Å². The molecule has 1 aliphatic carbocycles. The van der Waals surface area contributed by atoms with E-state index in [2.05, 4.69) is 9.97 Å². The molecule has 3 N–H and O–H groups in total. The lowest BCUT2D eigenvalue weighted by Gasteiger charge is -2.17. The number of hydrogen-bond acceptors (Lipinski definition) is 5. The van der Waals surface area contributed by atoms with Crippen molar-refractivity contribution in [2.24, 2.45) is 5.92 Å². The number of urea groups is 1. The van der Waals surface area contributed by atoms with Gasteiger partial charge in [0.2, 0.25) is 5.91 Å². The first-order valence-corrected chi connectivity index (χ1v) is 7.05. The van der Waals surface area contributed by atoms with E-state index >= 15 is 0 Å². The van der Waals surface area contributed by atoms with Crippen LogP contribution in [0.1, 0.15) is 24.4 Å². The van der Waals surface area contributed by atoms with Crippen molar-refractivity contribution >= 4 is 23.3 Å². The average molecular weight is 303 g/mol. The van der Waals surface area contributed by atoms with E-state index in [1.54, 1.807) is 6.08 Å². The number of carbonyl (C=O) groups is 2. The predicted octanol–water partition coefficient (Wildman–Crippen LogP) is 0.567. The number of allylic oxidation sites excluding steroid dienone is 1. The second-order valence-corrected chi connectivity index (χ2v) is 5.48. The highest BCUT2D eigenvalue weighted by Gasteiger charge is 2.37. The molecule has 0 bridgehead atoms. The number of rotatable bonds is 5. The zero-order valence-corrected chi connectivity index (χ0v) is 12.2. The van der Waals surface area contributed by atoms with Crippen LogP contribution >= 0.6 is 0 Å². The van der Waals surface area contributed by atoms with Crippen LogP contribution in [0.3, 0.4) is 0 Å². The van der Waals surface area contributed by atoms with Gasteiger partial charge in [0, 0.05) is 24.9 Å². The minimum atomic E-state index is -0.443. The fraction of sp³-hybridized carbons (Fsp3) is 0.429. The molecule has 8 heteroatoms. The van der Waals surface area contributed by atoms with Gasteiger partial charge >= 0.3 is 6.03 Å². The van der Waals surface area contributed by atoms with Crippen LogP contribution in [0, 0.1) is 11.3 Å². The molecule has 3 amide bonds. The van der Waals surface area contributed by atoms with E-state index in [9.17, 15) is 9.59 Å². The van der Waals surface area contributed by atoms with Crippen molar-refractivity contribution in [3.05, 3.63) is 23.8 Å². The van der Waals surface area contributed by atoms with Crippen molar-refractivity contribution in [2.45, 2.75) is 19.4 Å². The Labute approximate surface area is 126 Å². The van der Waals surface area contributed by atoms with Crippen molar-refractivity contribution in [2.75, 3.05) is 13.6 Å². The van der Waals surface area contributed by atoms with Crippen LogP contribution in [0.25, 0.3) is 5.70 Å². The molecule has 2 fully saturated rings. The molecule has 22 heavy (non-hydrogen) atoms. The molecule has 0 atom stereocenters. The second-order valence-electron chi connectivity index (χ2n) is 5.48. The smallest absolute Gasteiger partial charge is 0.331 e. The summed E-state index contributed by atoms with van der Waals surface area (Å²) in [5.74, 6) is 0.280. The molecule has 2 aliphatic rings. The first kappa shape index (κ1) is 14.5. The first-order chi connectivity index (χ1) is 10.5. The number of nitrogens with zero attached hydrogens (tertiary/aromatic N) is 3. The lowest BCUT2D eigenvalue weighted by Crippen LogP contribution is -2.29. The standard InChI is InChI=1S/C14H17N5O3/c1-18-12(21)6-19(14(18)22)11(4-10(15)8-2-3-8)13-16-5-9(7-20)17-13/h4-5,8,15,20H,2-3,6-7H2,1H3,(H,16,17)/b11-4+,15-10?. The topological polar surface area (TPSA) is 113 Å². The van der Waals surface area contributed by atoms with Crippen molar-refractivity contribution in [3.8, 4) is 0 Å². The van der Waals surface area contributed by atoms with Crippen LogP contribution in [0.4, 0.5) is 4.79 Å². The van der Waals surface area contributed by atoms with E-state index in [0.717, 1.165) is 17.7 Å². The molecular weight excluding hydrogens is 286 g/mol. The molecule has 0 spiro atoms. The summed E-state index contributed by atoms with van der Waals surface area (Å²) >= 11 is 0. The van der Waals surface area contributed by atoms with Gasteiger partial charge in [0.05, 0.1) is 18.0 Å². The Balaban J connectivity index is 1.97. The van der Waals surface area contributed by atoms with Crippen LogP contribution < -0.4 is 0 Å². The first-order valence-electron chi connectivity index (χ1n) is 7.05. The van der Waals surface area contributed by atoms with Gasteiger partial charge in [-0.3, -0.25) is 14.6 Å². The summed E-state index contributed by atoms with van der Waals surface area (Å²) in [7, 11) is 1.43. The number of amides is 3. The summed E-state index contributed by atoms with van der Waals surface area (Å²) in [6.07, 6.45) is 5.06. The highest BCUT2D eigenvalue weighted by Crippen LogP contribution is 2.32. The molecule has 0 aromatic carbocycles. The molecule has 1 saturated heterocycles. The second kappa shape index (κ2) is 5.38. The molecule has 0 radical (unpaired) electrons. The van der Waals surface area contributed by atoms with E-state index in [1.165, 1.54) is 18.1 Å². The van der Waals surface area contributed by atoms with Gasteiger partial charge < -0.3 is 15.5 Å². The average Bonchev–Trinajstić information content (AvgIpc) is 3.21. The summed E-state index contributed by atoms with van der Waals surface area (Å²) in [5, 5.41) is 17.2. The van der Waals surface area contributed by atoms with Gasteiger partial charge in [-0.2, -0.15) is 0 Å². The molecule has 0 unspecified atom stereocenters. The fourth-order valence-corrected chi connectivity index (χ4v) is 2.29. The Morgan fingerprint density at radius 3 is 2.77 bits per heavy atom. The molecule has 116 valence electrons. The third-order valence-corrected chi connectivity index (χ3v) is 3.82. The number of H-pyrrole nitrogens is 1. The predicted molar refractivity (Wildman–Crippen MR) is 77.8 cm³/mol. The molecule has 1 aromatic heterocycles. The molecule has 1 aromatic rings. The minimum Gasteiger partial charge on any atom is -0.390 e. The van der Waals surface area contributed by atoms with Gasteiger partial charge in [0.25, 0.3) is 0 Å². The summed E-state index contributed by atoms with van der Waals surface area (Å²) < 4.78 is 0. The monoisotopic (exact) mass is 303 g/mol. The van der Waals surface area contributed by atoms with Gasteiger partial charge in [0.15, 0.2) is 5.82 Å². The summed E-state index contributed by atoms with van der Waals surface area (Å²) in [5.41, 5.74) is 1.25. The number of likely N-dealkylation sites (N-methyl/N-ethyl adjacent to an activating group) is 1. The molecule has 1 saturated carbocycles. The Morgan fingerprint density at radius 1 is 1.55 bits per heavy atom. The largest absolute Gasteiger partial charge is 0.390 e. The van der Waals surface area contributed by atoms with E-state index in [0.29, 0.717) is 22.9 Å². The SMILES string of the molecule is CN1C(=O)CN(/C(=C/C(=N)C2CC2)c2nc(CO)c[nH]2)C1=O. The zero-order chi connectivity index (χ0) is 15.9. The van der Waals surface area contributed by atoms with E-state index in [-0.39, 0.29) is 25.0 Å². The number of aliphatic hydroxyl groups is 1.